The molecule has 2 aliphatic rings. The number of piperidine rings is 2. The maximum absolute atomic E-state index is 14.0. The second-order valence-electron chi connectivity index (χ2n) is 8.96. The normalized spacial score (nSPS) is 22.2. The van der Waals surface area contributed by atoms with Gasteiger partial charge in [-0.25, -0.2) is 4.39 Å². The topological polar surface area (TPSA) is 69.6 Å². The number of alkyl halides is 3. The summed E-state index contributed by atoms with van der Waals surface area (Å²) in [6.07, 6.45) is -4.60. The van der Waals surface area contributed by atoms with E-state index in [2.05, 4.69) is 5.32 Å². The molecule has 2 aliphatic heterocycles. The van der Waals surface area contributed by atoms with Crippen molar-refractivity contribution in [2.24, 2.45) is 5.41 Å². The third-order valence-corrected chi connectivity index (χ3v) is 7.27. The summed E-state index contributed by atoms with van der Waals surface area (Å²) in [5, 5.41) is 13.5. The summed E-state index contributed by atoms with van der Waals surface area (Å²) in [6, 6.07) is 10.4. The minimum atomic E-state index is -5.27. The molecule has 0 aromatic heterocycles. The summed E-state index contributed by atoms with van der Waals surface area (Å²) >= 11 is 5.82. The Bertz CT molecular complexity index is 1080. The van der Waals surface area contributed by atoms with Gasteiger partial charge < -0.3 is 15.3 Å². The second kappa shape index (κ2) is 8.85. The van der Waals surface area contributed by atoms with Crippen molar-refractivity contribution in [3.63, 3.8) is 0 Å². The number of benzene rings is 2. The predicted molar refractivity (Wildman–Crippen MR) is 116 cm³/mol. The van der Waals surface area contributed by atoms with Crippen molar-refractivity contribution in [2.75, 3.05) is 19.6 Å². The third kappa shape index (κ3) is 4.27. The van der Waals surface area contributed by atoms with E-state index in [1.54, 1.807) is 12.1 Å². The van der Waals surface area contributed by atoms with Crippen molar-refractivity contribution in [3.05, 3.63) is 70.5 Å². The van der Waals surface area contributed by atoms with E-state index in [1.165, 1.54) is 24.3 Å². The Morgan fingerprint density at radius 3 is 2.35 bits per heavy atom. The average molecular weight is 499 g/mol. The molecule has 2 atom stereocenters. The summed E-state index contributed by atoms with van der Waals surface area (Å²) in [5.74, 6) is -2.23. The molecule has 2 N–H and O–H groups in total. The van der Waals surface area contributed by atoms with Gasteiger partial charge in [-0.05, 0) is 48.1 Å². The number of hydrogen-bond acceptors (Lipinski definition) is 3. The van der Waals surface area contributed by atoms with Crippen molar-refractivity contribution in [1.82, 2.24) is 10.2 Å². The van der Waals surface area contributed by atoms with Gasteiger partial charge in [0.25, 0.3) is 11.5 Å². The molecule has 2 aromatic rings. The van der Waals surface area contributed by atoms with Gasteiger partial charge in [0.15, 0.2) is 0 Å². The lowest BCUT2D eigenvalue weighted by Gasteiger charge is -2.50. The van der Waals surface area contributed by atoms with Gasteiger partial charge in [-0.1, -0.05) is 35.9 Å². The Balaban J connectivity index is 1.60. The number of aliphatic hydroxyl groups is 1. The average Bonchev–Trinajstić information content (AvgIpc) is 2.79. The molecule has 0 saturated carbocycles. The first-order valence-electron chi connectivity index (χ1n) is 10.8. The first kappa shape index (κ1) is 24.5. The number of nitrogens with one attached hydrogen (secondary N) is 1. The van der Waals surface area contributed by atoms with Crippen LogP contribution in [0.15, 0.2) is 48.5 Å². The number of hydrogen-bond donors (Lipinski definition) is 2. The standard InChI is InChI=1S/C24H23ClF4N2O3/c25-17-3-1-2-16(12-17)23(34,24(27,28)29)21(33)31-10-8-22(9-11-31)13-20(32)30-14-19(22)15-4-6-18(26)7-5-15/h1-7,12,19,34H,8-11,13-14H2,(H,30,32)/t19-,23?/m0/s1. The van der Waals surface area contributed by atoms with E-state index >= 15 is 0 Å². The lowest BCUT2D eigenvalue weighted by Crippen LogP contribution is -2.59. The Hall–Kier alpha value is -2.65. The molecule has 5 nitrogen and oxygen atoms in total. The van der Waals surface area contributed by atoms with Gasteiger partial charge in [-0.3, -0.25) is 9.59 Å². The number of carbonyl (C=O) groups is 2. The number of amides is 2. The molecule has 1 unspecified atom stereocenters. The highest BCUT2D eigenvalue weighted by Crippen LogP contribution is 2.50. The van der Waals surface area contributed by atoms with Crippen LogP contribution in [-0.2, 0) is 15.2 Å². The van der Waals surface area contributed by atoms with E-state index in [4.69, 9.17) is 11.6 Å². The fraction of sp³-hybridized carbons (Fsp3) is 0.417. The molecular formula is C24H23ClF4N2O3. The van der Waals surface area contributed by atoms with Gasteiger partial charge in [-0.15, -0.1) is 0 Å². The zero-order chi connectivity index (χ0) is 24.7. The number of carbonyl (C=O) groups excluding carboxylic acids is 2. The first-order valence-corrected chi connectivity index (χ1v) is 11.2. The van der Waals surface area contributed by atoms with Crippen molar-refractivity contribution >= 4 is 23.4 Å². The van der Waals surface area contributed by atoms with Crippen LogP contribution in [0.3, 0.4) is 0 Å². The smallest absolute Gasteiger partial charge is 0.368 e. The molecule has 0 aliphatic carbocycles. The molecule has 4 rings (SSSR count). The maximum atomic E-state index is 14.0. The van der Waals surface area contributed by atoms with Crippen molar-refractivity contribution in [2.45, 2.75) is 37.0 Å². The van der Waals surface area contributed by atoms with Gasteiger partial charge in [0.2, 0.25) is 5.91 Å². The van der Waals surface area contributed by atoms with Crippen LogP contribution < -0.4 is 5.32 Å². The molecule has 1 spiro atoms. The molecule has 2 fully saturated rings. The van der Waals surface area contributed by atoms with Crippen LogP contribution in [0, 0.1) is 11.2 Å². The summed E-state index contributed by atoms with van der Waals surface area (Å²) in [7, 11) is 0. The highest BCUT2D eigenvalue weighted by Gasteiger charge is 2.62. The van der Waals surface area contributed by atoms with Crippen LogP contribution in [0.5, 0.6) is 0 Å². The highest BCUT2D eigenvalue weighted by atomic mass is 35.5. The second-order valence-corrected chi connectivity index (χ2v) is 9.39. The number of rotatable bonds is 3. The molecule has 2 heterocycles. The van der Waals surface area contributed by atoms with Crippen LogP contribution in [0.4, 0.5) is 17.6 Å². The minimum Gasteiger partial charge on any atom is -0.368 e. The van der Waals surface area contributed by atoms with E-state index < -0.39 is 34.5 Å². The van der Waals surface area contributed by atoms with Gasteiger partial charge in [0, 0.05) is 42.6 Å². The van der Waals surface area contributed by atoms with Crippen LogP contribution in [0.1, 0.15) is 36.3 Å². The summed E-state index contributed by atoms with van der Waals surface area (Å²) in [5.41, 5.74) is -4.18. The van der Waals surface area contributed by atoms with E-state index in [-0.39, 0.29) is 49.2 Å². The lowest BCUT2D eigenvalue weighted by molar-refractivity contribution is -0.262. The SMILES string of the molecule is O=C1CC2(CCN(C(=O)C(O)(c3cccc(Cl)c3)C(F)(F)F)CC2)[C@H](c2ccc(F)cc2)CN1. The highest BCUT2D eigenvalue weighted by molar-refractivity contribution is 6.30. The Morgan fingerprint density at radius 2 is 1.76 bits per heavy atom. The first-order chi connectivity index (χ1) is 16.0. The summed E-state index contributed by atoms with van der Waals surface area (Å²) in [6.45, 7) is 0.180. The molecule has 2 amide bonds. The largest absolute Gasteiger partial charge is 0.430 e. The molecule has 34 heavy (non-hydrogen) atoms. The lowest BCUT2D eigenvalue weighted by atomic mass is 9.62. The van der Waals surface area contributed by atoms with E-state index in [9.17, 15) is 32.3 Å². The Labute approximate surface area is 198 Å². The number of likely N-dealkylation sites (tertiary alicyclic amines) is 1. The van der Waals surface area contributed by atoms with Crippen LogP contribution >= 0.6 is 11.6 Å². The predicted octanol–water partition coefficient (Wildman–Crippen LogP) is 4.14. The molecule has 182 valence electrons. The van der Waals surface area contributed by atoms with Gasteiger partial charge >= 0.3 is 6.18 Å². The fourth-order valence-electron chi connectivity index (χ4n) is 5.14. The van der Waals surface area contributed by atoms with Crippen molar-refractivity contribution in [3.8, 4) is 0 Å². The van der Waals surface area contributed by atoms with E-state index in [0.717, 1.165) is 22.6 Å². The molecule has 0 radical (unpaired) electrons. The van der Waals surface area contributed by atoms with Gasteiger partial charge in [0.1, 0.15) is 5.82 Å². The van der Waals surface area contributed by atoms with Gasteiger partial charge in [-0.2, -0.15) is 13.2 Å². The molecular weight excluding hydrogens is 476 g/mol. The fourth-order valence-corrected chi connectivity index (χ4v) is 5.33. The zero-order valence-corrected chi connectivity index (χ0v) is 18.8. The molecule has 0 bridgehead atoms. The molecule has 2 aromatic carbocycles. The third-order valence-electron chi connectivity index (χ3n) is 7.04. The Kier molecular flexibility index (Phi) is 6.37. The number of halogens is 5. The molecule has 10 heteroatoms. The monoisotopic (exact) mass is 498 g/mol. The minimum absolute atomic E-state index is 0.0408. The van der Waals surface area contributed by atoms with Crippen LogP contribution in [0.2, 0.25) is 5.02 Å². The summed E-state index contributed by atoms with van der Waals surface area (Å²) < 4.78 is 55.5. The van der Waals surface area contributed by atoms with Gasteiger partial charge in [0.05, 0.1) is 0 Å². The van der Waals surface area contributed by atoms with E-state index in [1.807, 2.05) is 0 Å². The van der Waals surface area contributed by atoms with E-state index in [0.29, 0.717) is 6.54 Å². The zero-order valence-electron chi connectivity index (χ0n) is 18.0. The van der Waals surface area contributed by atoms with Crippen LogP contribution in [-0.4, -0.2) is 47.6 Å². The summed E-state index contributed by atoms with van der Waals surface area (Å²) in [4.78, 5) is 26.3. The van der Waals surface area contributed by atoms with Crippen molar-refractivity contribution in [1.29, 1.82) is 0 Å². The van der Waals surface area contributed by atoms with Crippen LogP contribution in [0.25, 0.3) is 0 Å². The maximum Gasteiger partial charge on any atom is 0.430 e. The Morgan fingerprint density at radius 1 is 1.12 bits per heavy atom. The number of nitrogens with zero attached hydrogens (tertiary/aromatic N) is 1. The molecule has 2 saturated heterocycles. The quantitative estimate of drug-likeness (QED) is 0.625. The van der Waals surface area contributed by atoms with Crippen molar-refractivity contribution < 1.29 is 32.3 Å².